The van der Waals surface area contributed by atoms with Crippen LogP contribution in [0.15, 0.2) is 36.0 Å². The van der Waals surface area contributed by atoms with Gasteiger partial charge in [-0.25, -0.2) is 4.79 Å². The molecule has 40 heavy (non-hydrogen) atoms. The van der Waals surface area contributed by atoms with Crippen molar-refractivity contribution in [1.82, 2.24) is 4.90 Å². The molecule has 1 aliphatic carbocycles. The number of rotatable bonds is 4. The lowest BCUT2D eigenvalue weighted by Gasteiger charge is -2.40. The van der Waals surface area contributed by atoms with Gasteiger partial charge in [0.05, 0.1) is 23.3 Å². The van der Waals surface area contributed by atoms with E-state index >= 15 is 0 Å². The number of carbonyl (C=O) groups excluding carboxylic acids is 3. The molecule has 3 N–H and O–H groups in total. The first-order valence-corrected chi connectivity index (χ1v) is 13.5. The number of benzene rings is 2. The van der Waals surface area contributed by atoms with Crippen molar-refractivity contribution in [1.29, 1.82) is 0 Å². The standard InChI is InChI=1S/C30H31NO9/c1-5-13(3)24-30(37)40-29-16-9-12(2)10-17(32)21(16)23-25(31(24)29)28(36)22-15(27(23)35)7-6-8-19(22)39-20-11-18(33)26(34)14(4)38-20/h6-10,13-14,18,20,24,26,29,32-34H,5,11H2,1-4H3/t13-,14?,18-,20-,24?,26?,29-/m0/s1. The number of carbonyl (C=O) groups is 3. The molecule has 0 amide bonds. The Bertz CT molecular complexity index is 1470. The number of aliphatic hydroxyl groups is 2. The van der Waals surface area contributed by atoms with Crippen molar-refractivity contribution in [3.63, 3.8) is 0 Å². The van der Waals surface area contributed by atoms with E-state index in [1.165, 1.54) is 18.2 Å². The fraction of sp³-hybridized carbons (Fsp3) is 0.433. The molecule has 0 bridgehead atoms. The third kappa shape index (κ3) is 3.77. The van der Waals surface area contributed by atoms with Crippen molar-refractivity contribution < 1.29 is 43.9 Å². The summed E-state index contributed by atoms with van der Waals surface area (Å²) in [6, 6.07) is 7.08. The minimum atomic E-state index is -1.09. The van der Waals surface area contributed by atoms with E-state index in [4.69, 9.17) is 14.2 Å². The van der Waals surface area contributed by atoms with Crippen LogP contribution >= 0.6 is 0 Å². The number of hydrogen-bond acceptors (Lipinski definition) is 10. The number of nitrogens with zero attached hydrogens (tertiary/aromatic N) is 1. The highest BCUT2D eigenvalue weighted by Gasteiger charge is 2.55. The number of phenols is 1. The van der Waals surface area contributed by atoms with E-state index in [-0.39, 0.29) is 51.8 Å². The van der Waals surface area contributed by atoms with Crippen molar-refractivity contribution in [2.45, 2.75) is 77.4 Å². The average Bonchev–Trinajstić information content (AvgIpc) is 3.26. The predicted octanol–water partition coefficient (Wildman–Crippen LogP) is 3.01. The van der Waals surface area contributed by atoms with Gasteiger partial charge in [-0.1, -0.05) is 32.4 Å². The minimum Gasteiger partial charge on any atom is -0.507 e. The van der Waals surface area contributed by atoms with Gasteiger partial charge in [0.25, 0.3) is 0 Å². The lowest BCUT2D eigenvalue weighted by Crippen LogP contribution is -2.48. The highest BCUT2D eigenvalue weighted by atomic mass is 16.7. The molecule has 7 atom stereocenters. The quantitative estimate of drug-likeness (QED) is 0.487. The number of ether oxygens (including phenoxy) is 3. The number of aromatic hydroxyl groups is 1. The van der Waals surface area contributed by atoms with Gasteiger partial charge in [-0.15, -0.1) is 0 Å². The van der Waals surface area contributed by atoms with E-state index in [9.17, 15) is 29.7 Å². The monoisotopic (exact) mass is 549 g/mol. The first-order valence-electron chi connectivity index (χ1n) is 13.5. The lowest BCUT2D eigenvalue weighted by atomic mass is 9.77. The molecule has 3 unspecified atom stereocenters. The van der Waals surface area contributed by atoms with Gasteiger partial charge >= 0.3 is 5.97 Å². The maximum Gasteiger partial charge on any atom is 0.331 e. The zero-order valence-corrected chi connectivity index (χ0v) is 22.6. The topological polar surface area (TPSA) is 143 Å². The van der Waals surface area contributed by atoms with Crippen LogP contribution < -0.4 is 4.74 Å². The second-order valence-electron chi connectivity index (χ2n) is 11.0. The predicted molar refractivity (Wildman–Crippen MR) is 140 cm³/mol. The molecule has 3 heterocycles. The van der Waals surface area contributed by atoms with E-state index in [2.05, 4.69) is 0 Å². The second kappa shape index (κ2) is 9.43. The van der Waals surface area contributed by atoms with E-state index in [1.54, 1.807) is 30.9 Å². The Morgan fingerprint density at radius 1 is 1.12 bits per heavy atom. The van der Waals surface area contributed by atoms with E-state index in [0.29, 0.717) is 17.5 Å². The molecule has 0 aromatic heterocycles. The Morgan fingerprint density at radius 3 is 2.58 bits per heavy atom. The summed E-state index contributed by atoms with van der Waals surface area (Å²) in [5.41, 5.74) is 1.42. The molecule has 2 aromatic rings. The van der Waals surface area contributed by atoms with Gasteiger partial charge in [-0.2, -0.15) is 0 Å². The van der Waals surface area contributed by atoms with Gasteiger partial charge in [-0.3, -0.25) is 9.59 Å². The number of phenolic OH excluding ortho intramolecular Hbond substituents is 1. The summed E-state index contributed by atoms with van der Waals surface area (Å²) in [5, 5.41) is 31.3. The number of esters is 1. The molecule has 4 aliphatic rings. The normalized spacial score (nSPS) is 29.9. The summed E-state index contributed by atoms with van der Waals surface area (Å²) in [7, 11) is 0. The molecule has 2 aromatic carbocycles. The maximum atomic E-state index is 14.4. The molecule has 10 heteroatoms. The van der Waals surface area contributed by atoms with Crippen LogP contribution in [0.3, 0.4) is 0 Å². The molecule has 0 saturated carbocycles. The Morgan fingerprint density at radius 2 is 1.88 bits per heavy atom. The van der Waals surface area contributed by atoms with Crippen LogP contribution in [0.1, 0.15) is 77.2 Å². The van der Waals surface area contributed by atoms with Crippen LogP contribution in [0.4, 0.5) is 0 Å². The molecule has 3 aliphatic heterocycles. The van der Waals surface area contributed by atoms with Gasteiger partial charge in [0.15, 0.2) is 5.78 Å². The van der Waals surface area contributed by atoms with Gasteiger partial charge < -0.3 is 34.4 Å². The summed E-state index contributed by atoms with van der Waals surface area (Å²) in [4.78, 5) is 43.4. The highest BCUT2D eigenvalue weighted by molar-refractivity contribution is 6.41. The lowest BCUT2D eigenvalue weighted by molar-refractivity contribution is -0.216. The summed E-state index contributed by atoms with van der Waals surface area (Å²) in [6.45, 7) is 7.20. The van der Waals surface area contributed by atoms with Crippen molar-refractivity contribution in [2.75, 3.05) is 0 Å². The van der Waals surface area contributed by atoms with Crippen LogP contribution in [-0.2, 0) is 14.3 Å². The van der Waals surface area contributed by atoms with Crippen LogP contribution in [0.2, 0.25) is 0 Å². The van der Waals surface area contributed by atoms with E-state index < -0.39 is 54.4 Å². The zero-order chi connectivity index (χ0) is 28.6. The Labute approximate surface area is 230 Å². The summed E-state index contributed by atoms with van der Waals surface area (Å²) in [6.07, 6.45) is -4.28. The number of ketones is 2. The third-order valence-electron chi connectivity index (χ3n) is 8.38. The van der Waals surface area contributed by atoms with Crippen LogP contribution in [-0.4, -0.2) is 68.4 Å². The molecule has 10 nitrogen and oxygen atoms in total. The van der Waals surface area contributed by atoms with Crippen LogP contribution in [0.25, 0.3) is 5.57 Å². The number of aryl methyl sites for hydroxylation is 1. The van der Waals surface area contributed by atoms with Gasteiger partial charge in [-0.05, 0) is 43.5 Å². The SMILES string of the molecule is CC[C@H](C)C1C(=O)O[C@H]2c3cc(C)cc(O)c3C3=C(C(=O)c4c(O[C@H]5C[C@H](O)C(O)C(C)O5)cccc4C3=O)N12. The van der Waals surface area contributed by atoms with Crippen molar-refractivity contribution in [2.24, 2.45) is 5.92 Å². The van der Waals surface area contributed by atoms with Crippen molar-refractivity contribution in [3.8, 4) is 11.5 Å². The number of hydrogen-bond donors (Lipinski definition) is 3. The summed E-state index contributed by atoms with van der Waals surface area (Å²) in [5.74, 6) is -1.86. The highest BCUT2D eigenvalue weighted by Crippen LogP contribution is 2.53. The molecular weight excluding hydrogens is 518 g/mol. The smallest absolute Gasteiger partial charge is 0.331 e. The number of aliphatic hydroxyl groups excluding tert-OH is 2. The fourth-order valence-corrected chi connectivity index (χ4v) is 6.20. The fourth-order valence-electron chi connectivity index (χ4n) is 6.20. The Balaban J connectivity index is 1.52. The second-order valence-corrected chi connectivity index (χ2v) is 11.0. The molecule has 210 valence electrons. The maximum absolute atomic E-state index is 14.4. The van der Waals surface area contributed by atoms with Gasteiger partial charge in [0, 0.05) is 23.1 Å². The molecular formula is C30H31NO9. The average molecular weight is 550 g/mol. The third-order valence-corrected chi connectivity index (χ3v) is 8.38. The van der Waals surface area contributed by atoms with Crippen LogP contribution in [0.5, 0.6) is 11.5 Å². The molecule has 2 fully saturated rings. The first-order chi connectivity index (χ1) is 19.0. The Hall–Kier alpha value is -3.73. The summed E-state index contributed by atoms with van der Waals surface area (Å²) >= 11 is 0. The van der Waals surface area contributed by atoms with Gasteiger partial charge in [0.2, 0.25) is 18.3 Å². The summed E-state index contributed by atoms with van der Waals surface area (Å²) < 4.78 is 17.5. The minimum absolute atomic E-state index is 0.000771. The first kappa shape index (κ1) is 26.5. The number of Topliss-reactive ketones (excluding diaryl/α,β-unsaturated/α-hetero) is 2. The Kier molecular flexibility index (Phi) is 6.25. The number of allylic oxidation sites excluding steroid dienone is 2. The largest absolute Gasteiger partial charge is 0.507 e. The molecule has 2 saturated heterocycles. The zero-order valence-electron chi connectivity index (χ0n) is 22.6. The van der Waals surface area contributed by atoms with Crippen LogP contribution in [0, 0.1) is 12.8 Å². The van der Waals surface area contributed by atoms with Crippen molar-refractivity contribution in [3.05, 3.63) is 63.8 Å². The molecule has 0 spiro atoms. The van der Waals surface area contributed by atoms with Gasteiger partial charge in [0.1, 0.15) is 29.3 Å². The van der Waals surface area contributed by atoms with E-state index in [1.807, 2.05) is 13.8 Å². The van der Waals surface area contributed by atoms with E-state index in [0.717, 1.165) is 0 Å². The molecule has 0 radical (unpaired) electrons. The molecule has 6 rings (SSSR count). The van der Waals surface area contributed by atoms with Crippen molar-refractivity contribution >= 4 is 23.1 Å². The number of fused-ring (bicyclic) bond motifs is 6.